The Hall–Kier alpha value is -2.09. The molecule has 2 aliphatic rings. The molecule has 0 spiro atoms. The number of aromatic nitrogens is 4. The van der Waals surface area contributed by atoms with Gasteiger partial charge < -0.3 is 20.9 Å². The van der Waals surface area contributed by atoms with Gasteiger partial charge in [-0.3, -0.25) is 0 Å². The summed E-state index contributed by atoms with van der Waals surface area (Å²) in [6.45, 7) is 0.882. The number of nitrogens with one attached hydrogen (secondary N) is 2. The van der Waals surface area contributed by atoms with Crippen molar-refractivity contribution in [2.24, 2.45) is 5.73 Å². The highest BCUT2D eigenvalue weighted by molar-refractivity contribution is 5.86. The lowest BCUT2D eigenvalue weighted by molar-refractivity contribution is 0.410. The number of unbranched alkanes of at least 4 members (excludes halogenated alkanes) is 1. The molecule has 5 rings (SSSR count). The molecule has 4 N–H and O–H groups in total. The second-order valence-electron chi connectivity index (χ2n) is 9.78. The van der Waals surface area contributed by atoms with Crippen LogP contribution in [0.1, 0.15) is 75.8 Å². The molecule has 3 aromatic rings. The molecule has 0 saturated heterocycles. The van der Waals surface area contributed by atoms with Crippen molar-refractivity contribution in [1.29, 1.82) is 0 Å². The van der Waals surface area contributed by atoms with Gasteiger partial charge in [0.05, 0.1) is 6.33 Å². The third-order valence-corrected chi connectivity index (χ3v) is 7.27. The Morgan fingerprint density at radius 2 is 1.66 bits per heavy atom. The molecule has 2 aliphatic carbocycles. The molecular formula is C26H39Cl2N7. The number of fused-ring (bicyclic) bond motifs is 1. The van der Waals surface area contributed by atoms with Crippen molar-refractivity contribution >= 4 is 47.7 Å². The first kappa shape index (κ1) is 27.5. The predicted octanol–water partition coefficient (Wildman–Crippen LogP) is 5.90. The fourth-order valence-corrected chi connectivity index (χ4v) is 5.31. The van der Waals surface area contributed by atoms with E-state index in [-0.39, 0.29) is 24.8 Å². The maximum Gasteiger partial charge on any atom is 0.227 e. The predicted molar refractivity (Wildman–Crippen MR) is 149 cm³/mol. The van der Waals surface area contributed by atoms with Gasteiger partial charge in [0.25, 0.3) is 0 Å². The van der Waals surface area contributed by atoms with Gasteiger partial charge in [-0.2, -0.15) is 9.97 Å². The van der Waals surface area contributed by atoms with Crippen LogP contribution in [0.3, 0.4) is 0 Å². The number of aryl methyl sites for hydroxylation is 1. The number of nitrogens with two attached hydrogens (primary N) is 1. The molecule has 35 heavy (non-hydrogen) atoms. The van der Waals surface area contributed by atoms with E-state index >= 15 is 0 Å². The van der Waals surface area contributed by atoms with E-state index in [1.165, 1.54) is 31.2 Å². The summed E-state index contributed by atoms with van der Waals surface area (Å²) in [5.41, 5.74) is 9.35. The molecule has 192 valence electrons. The first-order chi connectivity index (χ1) is 16.3. The van der Waals surface area contributed by atoms with E-state index < -0.39 is 0 Å². The van der Waals surface area contributed by atoms with Crippen LogP contribution >= 0.6 is 24.8 Å². The monoisotopic (exact) mass is 519 g/mol. The molecule has 2 heterocycles. The second kappa shape index (κ2) is 13.3. The third-order valence-electron chi connectivity index (χ3n) is 7.27. The molecule has 0 unspecified atom stereocenters. The molecule has 2 saturated carbocycles. The van der Waals surface area contributed by atoms with Gasteiger partial charge in [-0.15, -0.1) is 24.8 Å². The number of rotatable bonds is 9. The van der Waals surface area contributed by atoms with E-state index in [0.29, 0.717) is 18.1 Å². The lowest BCUT2D eigenvalue weighted by atomic mass is 9.92. The van der Waals surface area contributed by atoms with Crippen LogP contribution in [-0.4, -0.2) is 38.1 Å². The molecule has 9 heteroatoms. The normalized spacial score (nSPS) is 20.3. The topological polar surface area (TPSA) is 93.7 Å². The number of nitrogens with zero attached hydrogens (tertiary/aromatic N) is 4. The highest BCUT2D eigenvalue weighted by atomic mass is 35.5. The minimum Gasteiger partial charge on any atom is -0.368 e. The van der Waals surface area contributed by atoms with Gasteiger partial charge >= 0.3 is 0 Å². The van der Waals surface area contributed by atoms with E-state index in [1.54, 1.807) is 0 Å². The first-order valence-corrected chi connectivity index (χ1v) is 12.8. The summed E-state index contributed by atoms with van der Waals surface area (Å²) in [5, 5.41) is 7.18. The maximum atomic E-state index is 6.10. The Bertz CT molecular complexity index is 1030. The summed E-state index contributed by atoms with van der Waals surface area (Å²) in [6, 6.07) is 11.9. The van der Waals surface area contributed by atoms with Crippen LogP contribution < -0.4 is 16.4 Å². The molecule has 1 aromatic carbocycles. The van der Waals surface area contributed by atoms with Crippen molar-refractivity contribution in [2.75, 3.05) is 17.2 Å². The summed E-state index contributed by atoms with van der Waals surface area (Å²) in [4.78, 5) is 14.6. The zero-order chi connectivity index (χ0) is 22.5. The lowest BCUT2D eigenvalue weighted by Gasteiger charge is -2.27. The molecule has 2 fully saturated rings. The van der Waals surface area contributed by atoms with E-state index in [9.17, 15) is 0 Å². The van der Waals surface area contributed by atoms with E-state index in [2.05, 4.69) is 45.5 Å². The second-order valence-corrected chi connectivity index (χ2v) is 9.78. The Balaban J connectivity index is 0.00000171. The molecule has 7 nitrogen and oxygen atoms in total. The van der Waals surface area contributed by atoms with Crippen LogP contribution in [0, 0.1) is 0 Å². The van der Waals surface area contributed by atoms with Crippen LogP contribution in [0.4, 0.5) is 11.8 Å². The van der Waals surface area contributed by atoms with Crippen LogP contribution in [0.15, 0.2) is 36.7 Å². The third kappa shape index (κ3) is 6.99. The maximum absolute atomic E-state index is 6.10. The van der Waals surface area contributed by atoms with Crippen LogP contribution in [0.5, 0.6) is 0 Å². The van der Waals surface area contributed by atoms with Crippen LogP contribution in [-0.2, 0) is 6.42 Å². The molecule has 0 atom stereocenters. The zero-order valence-corrected chi connectivity index (χ0v) is 22.0. The molecule has 0 aliphatic heterocycles. The largest absolute Gasteiger partial charge is 0.368 e. The molecule has 2 aromatic heterocycles. The minimum absolute atomic E-state index is 0. The standard InChI is InChI=1S/C26H37N7.2ClH/c27-20-13-15-21(16-14-20)30-26-31-24(28-17-7-6-10-19-8-2-1-3-9-19)23-25(32-26)33(18-29-23)22-11-4-5-12-22;;/h1-3,8-9,18,20-22H,4-7,10-17,27H2,(H2,28,30,31,32);2*1H/t20-,21-;;. The van der Waals surface area contributed by atoms with Gasteiger partial charge in [-0.25, -0.2) is 4.98 Å². The smallest absolute Gasteiger partial charge is 0.227 e. The number of hydrogen-bond acceptors (Lipinski definition) is 6. The first-order valence-electron chi connectivity index (χ1n) is 12.8. The Morgan fingerprint density at radius 3 is 2.40 bits per heavy atom. The number of hydrogen-bond donors (Lipinski definition) is 3. The molecule has 0 radical (unpaired) electrons. The number of halogens is 2. The Labute approximate surface area is 220 Å². The van der Waals surface area contributed by atoms with Crippen LogP contribution in [0.25, 0.3) is 11.2 Å². The van der Waals surface area contributed by atoms with Crippen LogP contribution in [0.2, 0.25) is 0 Å². The fraction of sp³-hybridized carbons (Fsp3) is 0.577. The summed E-state index contributed by atoms with van der Waals surface area (Å²) in [7, 11) is 0. The molecule has 0 amide bonds. The highest BCUT2D eigenvalue weighted by Gasteiger charge is 2.23. The highest BCUT2D eigenvalue weighted by Crippen LogP contribution is 2.33. The van der Waals surface area contributed by atoms with Crippen molar-refractivity contribution in [3.63, 3.8) is 0 Å². The van der Waals surface area contributed by atoms with Crippen molar-refractivity contribution in [2.45, 2.75) is 88.8 Å². The van der Waals surface area contributed by atoms with Crippen molar-refractivity contribution in [1.82, 2.24) is 19.5 Å². The van der Waals surface area contributed by atoms with E-state index in [0.717, 1.165) is 74.4 Å². The summed E-state index contributed by atoms with van der Waals surface area (Å²) >= 11 is 0. The van der Waals surface area contributed by atoms with Gasteiger partial charge in [-0.05, 0) is 63.4 Å². The molecular weight excluding hydrogens is 481 g/mol. The van der Waals surface area contributed by atoms with Gasteiger partial charge in [0.15, 0.2) is 17.0 Å². The van der Waals surface area contributed by atoms with Gasteiger partial charge in [0, 0.05) is 24.7 Å². The number of benzene rings is 1. The van der Waals surface area contributed by atoms with Crippen molar-refractivity contribution in [3.8, 4) is 0 Å². The minimum atomic E-state index is 0. The zero-order valence-electron chi connectivity index (χ0n) is 20.4. The summed E-state index contributed by atoms with van der Waals surface area (Å²) in [5.74, 6) is 1.57. The Kier molecular flexibility index (Phi) is 10.4. The van der Waals surface area contributed by atoms with Crippen molar-refractivity contribution in [3.05, 3.63) is 42.2 Å². The van der Waals surface area contributed by atoms with Crippen molar-refractivity contribution < 1.29 is 0 Å². The quantitative estimate of drug-likeness (QED) is 0.304. The average Bonchev–Trinajstić information content (AvgIpc) is 3.51. The number of imidazole rings is 1. The average molecular weight is 521 g/mol. The van der Waals surface area contributed by atoms with E-state index in [1.807, 2.05) is 6.33 Å². The SMILES string of the molecule is Cl.Cl.N[C@H]1CC[C@H](Nc2nc(NCCCCc3ccccc3)c3ncn(C4CCCC4)c3n2)CC1. The molecule has 0 bridgehead atoms. The van der Waals surface area contributed by atoms with Gasteiger partial charge in [0.2, 0.25) is 5.95 Å². The lowest BCUT2D eigenvalue weighted by Crippen LogP contribution is -2.33. The summed E-state index contributed by atoms with van der Waals surface area (Å²) < 4.78 is 2.28. The van der Waals surface area contributed by atoms with Gasteiger partial charge in [-0.1, -0.05) is 43.2 Å². The Morgan fingerprint density at radius 1 is 0.914 bits per heavy atom. The van der Waals surface area contributed by atoms with E-state index in [4.69, 9.17) is 20.7 Å². The number of anilines is 2. The summed E-state index contributed by atoms with van der Waals surface area (Å²) in [6.07, 6.45) is 14.6. The van der Waals surface area contributed by atoms with Gasteiger partial charge in [0.1, 0.15) is 0 Å². The fourth-order valence-electron chi connectivity index (χ4n) is 5.31.